The molecule has 162 valence electrons. The predicted octanol–water partition coefficient (Wildman–Crippen LogP) is 4.56. The Morgan fingerprint density at radius 3 is 2.24 bits per heavy atom. The second-order valence-electron chi connectivity index (χ2n) is 7.23. The van der Waals surface area contributed by atoms with Gasteiger partial charge in [-0.1, -0.05) is 57.3 Å². The maximum absolute atomic E-state index is 11.8. The van der Waals surface area contributed by atoms with Crippen LogP contribution in [0.4, 0.5) is 0 Å². The fraction of sp³-hybridized carbons (Fsp3) is 0.500. The summed E-state index contributed by atoms with van der Waals surface area (Å²) in [7, 11) is -9.40. The first-order chi connectivity index (χ1) is 13.6. The lowest BCUT2D eigenvalue weighted by atomic mass is 9.88. The highest BCUT2D eigenvalue weighted by Crippen LogP contribution is 2.35. The van der Waals surface area contributed by atoms with Gasteiger partial charge in [0.25, 0.3) is 20.2 Å². The van der Waals surface area contributed by atoms with Gasteiger partial charge in [0.2, 0.25) is 0 Å². The lowest BCUT2D eigenvalue weighted by Gasteiger charge is -2.33. The smallest absolute Gasteiger partial charge is 0.298 e. The van der Waals surface area contributed by atoms with Crippen molar-refractivity contribution in [3.05, 3.63) is 42.5 Å². The second kappa shape index (κ2) is 9.88. The molecule has 1 aliphatic rings. The van der Waals surface area contributed by atoms with Gasteiger partial charge in [-0.05, 0) is 37.1 Å². The summed E-state index contributed by atoms with van der Waals surface area (Å²) in [4.78, 5) is -1.33. The fourth-order valence-corrected chi connectivity index (χ4v) is 4.54. The summed E-state index contributed by atoms with van der Waals surface area (Å²) in [6, 6.07) is 2.88. The van der Waals surface area contributed by atoms with Crippen LogP contribution in [0.25, 0.3) is 0 Å². The van der Waals surface area contributed by atoms with Crippen molar-refractivity contribution in [2.75, 3.05) is 0 Å². The summed E-state index contributed by atoms with van der Waals surface area (Å²) in [6.45, 7) is 2.15. The quantitative estimate of drug-likeness (QED) is 0.379. The molecule has 0 radical (unpaired) electrons. The Kier molecular flexibility index (Phi) is 8.04. The van der Waals surface area contributed by atoms with Gasteiger partial charge < -0.3 is 4.74 Å². The van der Waals surface area contributed by atoms with Crippen molar-refractivity contribution in [3.63, 3.8) is 0 Å². The average molecular weight is 445 g/mol. The first kappa shape index (κ1) is 23.6. The molecule has 2 rings (SSSR count). The Morgan fingerprint density at radius 1 is 0.966 bits per heavy atom. The highest BCUT2D eigenvalue weighted by atomic mass is 32.2. The molecule has 0 saturated carbocycles. The predicted molar refractivity (Wildman–Crippen MR) is 110 cm³/mol. The maximum Gasteiger partial charge on any atom is 0.298 e. The van der Waals surface area contributed by atoms with E-state index >= 15 is 0 Å². The lowest BCUT2D eigenvalue weighted by Crippen LogP contribution is -2.34. The molecule has 0 amide bonds. The lowest BCUT2D eigenvalue weighted by molar-refractivity contribution is 0.104. The van der Waals surface area contributed by atoms with E-state index in [9.17, 15) is 25.9 Å². The van der Waals surface area contributed by atoms with E-state index < -0.39 is 35.6 Å². The molecular formula is C20H28O7S2. The molecule has 0 aromatic heterocycles. The van der Waals surface area contributed by atoms with Crippen LogP contribution < -0.4 is 4.74 Å². The van der Waals surface area contributed by atoms with Gasteiger partial charge in [-0.2, -0.15) is 16.8 Å². The standard InChI is InChI=1S/C20H28O7S2/c1-2-3-4-5-6-8-13-20(14-9-7-10-15-20)27-18-12-11-17(28(21,22)23)16-19(18)29(24,25)26/h7,9-12,14,16H,2-6,8,13,15H2,1H3,(H,21,22,23)(H,24,25,26). The molecule has 0 aliphatic heterocycles. The summed E-state index contributed by atoms with van der Waals surface area (Å²) in [5.74, 6) is -0.161. The SMILES string of the molecule is CCCCCCCCC1(Oc2ccc(S(=O)(=O)O)cc2S(=O)(=O)O)C=CC=CC1. The number of hydrogen-bond donors (Lipinski definition) is 2. The van der Waals surface area contributed by atoms with Gasteiger partial charge in [0.15, 0.2) is 0 Å². The molecule has 0 saturated heterocycles. The van der Waals surface area contributed by atoms with E-state index in [0.29, 0.717) is 18.9 Å². The number of allylic oxidation sites excluding steroid dienone is 2. The number of ether oxygens (including phenoxy) is 1. The van der Waals surface area contributed by atoms with Gasteiger partial charge in [-0.15, -0.1) is 0 Å². The van der Waals surface area contributed by atoms with Crippen LogP contribution in [-0.2, 0) is 20.2 Å². The molecule has 0 heterocycles. The highest BCUT2D eigenvalue weighted by Gasteiger charge is 2.32. The van der Waals surface area contributed by atoms with Gasteiger partial charge in [0.1, 0.15) is 16.2 Å². The van der Waals surface area contributed by atoms with Crippen molar-refractivity contribution in [1.29, 1.82) is 0 Å². The molecule has 1 aliphatic carbocycles. The van der Waals surface area contributed by atoms with Gasteiger partial charge in [-0.25, -0.2) is 0 Å². The Labute approximate surface area is 173 Å². The van der Waals surface area contributed by atoms with Crippen LogP contribution in [0, 0.1) is 0 Å². The normalized spacial score (nSPS) is 19.4. The van der Waals surface area contributed by atoms with Crippen molar-refractivity contribution < 1.29 is 30.7 Å². The van der Waals surface area contributed by atoms with Crippen LogP contribution in [0.1, 0.15) is 58.3 Å². The molecule has 0 spiro atoms. The molecule has 0 bridgehead atoms. The van der Waals surface area contributed by atoms with Crippen LogP contribution in [-0.4, -0.2) is 31.5 Å². The molecule has 1 aromatic rings. The van der Waals surface area contributed by atoms with Crippen molar-refractivity contribution in [2.45, 2.75) is 73.7 Å². The number of hydrogen-bond acceptors (Lipinski definition) is 5. The molecule has 1 unspecified atom stereocenters. The van der Waals surface area contributed by atoms with Crippen LogP contribution in [0.5, 0.6) is 5.75 Å². The zero-order chi connectivity index (χ0) is 21.5. The molecular weight excluding hydrogens is 416 g/mol. The minimum absolute atomic E-state index is 0.161. The summed E-state index contributed by atoms with van der Waals surface area (Å²) >= 11 is 0. The summed E-state index contributed by atoms with van der Waals surface area (Å²) in [5.41, 5.74) is -0.793. The van der Waals surface area contributed by atoms with Crippen LogP contribution in [0.2, 0.25) is 0 Å². The summed E-state index contributed by atoms with van der Waals surface area (Å²) in [6.07, 6.45) is 15.2. The number of rotatable bonds is 11. The van der Waals surface area contributed by atoms with Gasteiger partial charge in [0, 0.05) is 6.42 Å². The average Bonchev–Trinajstić information content (AvgIpc) is 2.64. The monoisotopic (exact) mass is 444 g/mol. The first-order valence-corrected chi connectivity index (χ1v) is 12.6. The van der Waals surface area contributed by atoms with Crippen molar-refractivity contribution in [3.8, 4) is 5.75 Å². The van der Waals surface area contributed by atoms with E-state index in [0.717, 1.165) is 31.4 Å². The third kappa shape index (κ3) is 6.95. The zero-order valence-corrected chi connectivity index (χ0v) is 18.1. The van der Waals surface area contributed by atoms with Gasteiger partial charge in [-0.3, -0.25) is 9.11 Å². The van der Waals surface area contributed by atoms with E-state index in [1.54, 1.807) is 0 Å². The Hall–Kier alpha value is -1.68. The third-order valence-corrected chi connectivity index (χ3v) is 6.59. The topological polar surface area (TPSA) is 118 Å². The van der Waals surface area contributed by atoms with E-state index in [1.165, 1.54) is 19.3 Å². The van der Waals surface area contributed by atoms with Crippen molar-refractivity contribution >= 4 is 20.2 Å². The van der Waals surface area contributed by atoms with Crippen LogP contribution in [0.15, 0.2) is 52.3 Å². The summed E-state index contributed by atoms with van der Waals surface area (Å²) in [5, 5.41) is 0. The van der Waals surface area contributed by atoms with E-state index in [4.69, 9.17) is 4.74 Å². The summed E-state index contributed by atoms with van der Waals surface area (Å²) < 4.78 is 71.1. The van der Waals surface area contributed by atoms with Crippen molar-refractivity contribution in [1.82, 2.24) is 0 Å². The third-order valence-electron chi connectivity index (χ3n) is 4.87. The molecule has 7 nitrogen and oxygen atoms in total. The second-order valence-corrected chi connectivity index (χ2v) is 10.0. The Balaban J connectivity index is 2.27. The Bertz CT molecular complexity index is 963. The number of unbranched alkanes of at least 4 members (excludes halogenated alkanes) is 5. The van der Waals surface area contributed by atoms with Crippen LogP contribution >= 0.6 is 0 Å². The molecule has 29 heavy (non-hydrogen) atoms. The molecule has 2 N–H and O–H groups in total. The molecule has 1 atom stereocenters. The minimum Gasteiger partial charge on any atom is -0.481 e. The van der Waals surface area contributed by atoms with E-state index in [-0.39, 0.29) is 5.75 Å². The van der Waals surface area contributed by atoms with Gasteiger partial charge in [0.05, 0.1) is 4.90 Å². The molecule has 9 heteroatoms. The van der Waals surface area contributed by atoms with E-state index in [1.807, 2.05) is 24.3 Å². The first-order valence-electron chi connectivity index (χ1n) is 9.70. The highest BCUT2D eigenvalue weighted by molar-refractivity contribution is 7.86. The minimum atomic E-state index is -4.77. The van der Waals surface area contributed by atoms with Gasteiger partial charge >= 0.3 is 0 Å². The Morgan fingerprint density at radius 2 is 1.66 bits per heavy atom. The molecule has 1 aromatic carbocycles. The fourth-order valence-electron chi connectivity index (χ4n) is 3.32. The van der Waals surface area contributed by atoms with Crippen LogP contribution in [0.3, 0.4) is 0 Å². The zero-order valence-electron chi connectivity index (χ0n) is 16.5. The molecule has 0 fully saturated rings. The number of benzene rings is 1. The maximum atomic E-state index is 11.8. The largest absolute Gasteiger partial charge is 0.481 e. The van der Waals surface area contributed by atoms with Crippen molar-refractivity contribution in [2.24, 2.45) is 0 Å². The van der Waals surface area contributed by atoms with E-state index in [2.05, 4.69) is 6.92 Å².